The van der Waals surface area contributed by atoms with E-state index >= 15 is 0 Å². The summed E-state index contributed by atoms with van der Waals surface area (Å²) in [6, 6.07) is 74.2. The predicted molar refractivity (Wildman–Crippen MR) is 248 cm³/mol. The first-order valence-corrected chi connectivity index (χ1v) is 20.5. The van der Waals surface area contributed by atoms with Crippen LogP contribution in [0.1, 0.15) is 0 Å². The number of benzene rings is 9. The molecule has 0 atom stereocenters. The van der Waals surface area contributed by atoms with Gasteiger partial charge in [-0.2, -0.15) is 0 Å². The molecule has 272 valence electrons. The molecule has 0 radical (unpaired) electrons. The molecule has 3 aliphatic rings. The topological polar surface area (TPSA) is 16.3 Å². The van der Waals surface area contributed by atoms with Crippen molar-refractivity contribution in [3.8, 4) is 33.6 Å². The third kappa shape index (κ3) is 4.04. The monoisotopic (exact) mass is 748 g/mol. The highest BCUT2D eigenvalue weighted by molar-refractivity contribution is 6.95. The molecule has 0 aliphatic carbocycles. The van der Waals surface area contributed by atoms with Gasteiger partial charge in [-0.25, -0.2) is 0 Å². The highest BCUT2D eigenvalue weighted by Gasteiger charge is 2.48. The zero-order chi connectivity index (χ0) is 38.3. The summed E-state index contributed by atoms with van der Waals surface area (Å²) in [6.45, 7) is 0.0221. The Balaban J connectivity index is 1.05. The quantitative estimate of drug-likeness (QED) is 0.167. The largest absolute Gasteiger partial charge is 0.376 e. The lowest BCUT2D eigenvalue weighted by molar-refractivity contribution is 1.17. The van der Waals surface area contributed by atoms with Crippen molar-refractivity contribution in [2.45, 2.75) is 0 Å². The van der Waals surface area contributed by atoms with Gasteiger partial charge in [0.2, 0.25) is 0 Å². The smallest absolute Gasteiger partial charge is 0.333 e. The predicted octanol–water partition coefficient (Wildman–Crippen LogP) is 12.6. The normalized spacial score (nSPS) is 13.3. The minimum Gasteiger partial charge on any atom is -0.376 e. The second kappa shape index (κ2) is 11.4. The van der Waals surface area contributed by atoms with Crippen LogP contribution in [-0.4, -0.2) is 16.0 Å². The molecule has 0 saturated carbocycles. The number of aromatic nitrogens is 2. The van der Waals surface area contributed by atoms with E-state index in [2.05, 4.69) is 219 Å². The third-order valence-electron chi connectivity index (χ3n) is 13.2. The Morgan fingerprint density at radius 1 is 0.288 bits per heavy atom. The lowest BCUT2D eigenvalue weighted by Gasteiger charge is -2.49. The number of hydrogen-bond donors (Lipinski definition) is 0. The summed E-state index contributed by atoms with van der Waals surface area (Å²) >= 11 is 0. The van der Waals surface area contributed by atoms with Gasteiger partial charge in [0.15, 0.2) is 0 Å². The van der Waals surface area contributed by atoms with Gasteiger partial charge in [-0.15, -0.1) is 0 Å². The molecule has 4 nitrogen and oxygen atoms in total. The molecule has 14 rings (SSSR count). The Hall–Kier alpha value is -7.76. The number of para-hydroxylation sites is 5. The first-order chi connectivity index (χ1) is 29.3. The standard InChI is InChI=1S/C54H33BN4/c1-2-14-34(15-3-1)56-47-24-10-6-19-40(47)43-32-36(28-30-48(43)56)58-51-26-12-20-41-39-18-7-11-25-49(39)59-50-31-29-35(33-44(50)42-21-13-27-52(58)54(42)55(59)53(41)51)57-45-22-8-4-16-37(45)38-17-5-9-23-46(38)57/h1-33H. The van der Waals surface area contributed by atoms with Gasteiger partial charge in [-0.05, 0) is 107 Å². The average Bonchev–Trinajstić information content (AvgIpc) is 3.82. The summed E-state index contributed by atoms with van der Waals surface area (Å²) in [5.41, 5.74) is 21.1. The Bertz CT molecular complexity index is 3540. The van der Waals surface area contributed by atoms with Crippen molar-refractivity contribution in [1.29, 1.82) is 0 Å². The Morgan fingerprint density at radius 3 is 1.47 bits per heavy atom. The molecule has 0 N–H and O–H groups in total. The van der Waals surface area contributed by atoms with Crippen LogP contribution in [0, 0.1) is 0 Å². The van der Waals surface area contributed by atoms with E-state index in [1.165, 1.54) is 105 Å². The molecule has 5 heterocycles. The maximum atomic E-state index is 2.63. The summed E-state index contributed by atoms with van der Waals surface area (Å²) in [6.07, 6.45) is 0. The van der Waals surface area contributed by atoms with Gasteiger partial charge in [-0.3, -0.25) is 0 Å². The van der Waals surface area contributed by atoms with Gasteiger partial charge in [0.05, 0.1) is 22.1 Å². The van der Waals surface area contributed by atoms with E-state index in [0.29, 0.717) is 0 Å². The fourth-order valence-electron chi connectivity index (χ4n) is 10.9. The van der Waals surface area contributed by atoms with Crippen LogP contribution >= 0.6 is 0 Å². The molecule has 0 bridgehead atoms. The van der Waals surface area contributed by atoms with Gasteiger partial charge < -0.3 is 18.8 Å². The summed E-state index contributed by atoms with van der Waals surface area (Å²) in [5, 5.41) is 5.03. The van der Waals surface area contributed by atoms with E-state index in [-0.39, 0.29) is 6.85 Å². The molecule has 11 aromatic rings. The minimum atomic E-state index is 0.0221. The maximum Gasteiger partial charge on any atom is 0.333 e. The van der Waals surface area contributed by atoms with Crippen molar-refractivity contribution in [2.75, 3.05) is 9.71 Å². The molecule has 0 saturated heterocycles. The second-order valence-electron chi connectivity index (χ2n) is 16.1. The molecule has 9 aromatic carbocycles. The molecule has 3 aliphatic heterocycles. The van der Waals surface area contributed by atoms with E-state index in [0.717, 1.165) is 11.4 Å². The molecule has 0 unspecified atom stereocenters. The molecule has 0 spiro atoms. The van der Waals surface area contributed by atoms with Crippen molar-refractivity contribution in [3.05, 3.63) is 200 Å². The van der Waals surface area contributed by atoms with Gasteiger partial charge in [0, 0.05) is 72.5 Å². The minimum absolute atomic E-state index is 0.0221. The fraction of sp³-hybridized carbons (Fsp3) is 0. The van der Waals surface area contributed by atoms with E-state index in [4.69, 9.17) is 0 Å². The Labute approximate surface area is 341 Å². The highest BCUT2D eigenvalue weighted by Crippen LogP contribution is 2.52. The van der Waals surface area contributed by atoms with Crippen LogP contribution in [0.4, 0.5) is 28.4 Å². The third-order valence-corrected chi connectivity index (χ3v) is 13.2. The SMILES string of the molecule is c1ccc(-n2c3ccccc3c3cc(N4c5cccc6c5B5c7c(cccc74)-c4cc(-n7c8ccccc8c8ccccc87)ccc4N5c4ccccc4-6)ccc32)cc1. The summed E-state index contributed by atoms with van der Waals surface area (Å²) < 4.78 is 4.84. The fourth-order valence-corrected chi connectivity index (χ4v) is 10.9. The zero-order valence-electron chi connectivity index (χ0n) is 31.9. The second-order valence-corrected chi connectivity index (χ2v) is 16.1. The summed E-state index contributed by atoms with van der Waals surface area (Å²) in [7, 11) is 0. The van der Waals surface area contributed by atoms with Crippen LogP contribution in [0.25, 0.3) is 77.2 Å². The van der Waals surface area contributed by atoms with Crippen LogP contribution in [0.2, 0.25) is 0 Å². The van der Waals surface area contributed by atoms with Gasteiger partial charge in [0.1, 0.15) is 0 Å². The summed E-state index contributed by atoms with van der Waals surface area (Å²) in [4.78, 5) is 5.17. The molecule has 59 heavy (non-hydrogen) atoms. The van der Waals surface area contributed by atoms with Crippen molar-refractivity contribution in [2.24, 2.45) is 0 Å². The van der Waals surface area contributed by atoms with E-state index < -0.39 is 0 Å². The lowest BCUT2D eigenvalue weighted by atomic mass is 9.41. The van der Waals surface area contributed by atoms with Crippen molar-refractivity contribution in [3.63, 3.8) is 0 Å². The molecule has 0 amide bonds. The van der Waals surface area contributed by atoms with Crippen molar-refractivity contribution >= 4 is 89.8 Å². The molecule has 2 aromatic heterocycles. The van der Waals surface area contributed by atoms with Crippen LogP contribution in [0.3, 0.4) is 0 Å². The van der Waals surface area contributed by atoms with Gasteiger partial charge in [-0.1, -0.05) is 115 Å². The molecular formula is C54H33BN4. The van der Waals surface area contributed by atoms with Crippen LogP contribution in [-0.2, 0) is 0 Å². The summed E-state index contributed by atoms with van der Waals surface area (Å²) in [5.74, 6) is 0. The van der Waals surface area contributed by atoms with E-state index in [1.54, 1.807) is 0 Å². The lowest BCUT2D eigenvalue weighted by Crippen LogP contribution is -2.63. The first kappa shape index (κ1) is 31.3. The Kier molecular flexibility index (Phi) is 6.07. The number of hydrogen-bond acceptors (Lipinski definition) is 2. The van der Waals surface area contributed by atoms with Crippen LogP contribution in [0.5, 0.6) is 0 Å². The van der Waals surface area contributed by atoms with E-state index in [9.17, 15) is 0 Å². The maximum absolute atomic E-state index is 2.63. The average molecular weight is 749 g/mol. The van der Waals surface area contributed by atoms with E-state index in [1.807, 2.05) is 0 Å². The number of fused-ring (bicyclic) bond motifs is 12. The molecule has 0 fully saturated rings. The van der Waals surface area contributed by atoms with Crippen LogP contribution in [0.15, 0.2) is 200 Å². The van der Waals surface area contributed by atoms with Gasteiger partial charge >= 0.3 is 6.85 Å². The number of nitrogens with zero attached hydrogens (tertiary/aromatic N) is 4. The molecule has 5 heteroatoms. The van der Waals surface area contributed by atoms with Crippen molar-refractivity contribution < 1.29 is 0 Å². The van der Waals surface area contributed by atoms with Crippen molar-refractivity contribution in [1.82, 2.24) is 9.13 Å². The molecular weight excluding hydrogens is 715 g/mol. The number of anilines is 5. The zero-order valence-corrected chi connectivity index (χ0v) is 31.9. The number of rotatable bonds is 3. The highest BCUT2D eigenvalue weighted by atomic mass is 15.2. The van der Waals surface area contributed by atoms with Crippen LogP contribution < -0.4 is 20.6 Å². The first-order valence-electron chi connectivity index (χ1n) is 20.5. The van der Waals surface area contributed by atoms with Gasteiger partial charge in [0.25, 0.3) is 0 Å². The Morgan fingerprint density at radius 2 is 0.780 bits per heavy atom.